The van der Waals surface area contributed by atoms with E-state index in [1.807, 2.05) is 0 Å². The van der Waals surface area contributed by atoms with Gasteiger partial charge in [-0.1, -0.05) is 0 Å². The second kappa shape index (κ2) is 9.12. The van der Waals surface area contributed by atoms with E-state index in [2.05, 4.69) is 20.2 Å². The van der Waals surface area contributed by atoms with Crippen molar-refractivity contribution in [1.82, 2.24) is 29.5 Å². The van der Waals surface area contributed by atoms with Crippen molar-refractivity contribution in [3.8, 4) is 0 Å². The number of hydrogen-bond acceptors (Lipinski definition) is 7. The van der Waals surface area contributed by atoms with Crippen LogP contribution in [0.2, 0.25) is 0 Å². The van der Waals surface area contributed by atoms with Crippen LogP contribution in [0, 0.1) is 17.6 Å². The summed E-state index contributed by atoms with van der Waals surface area (Å²) >= 11 is 0. The molecule has 0 saturated carbocycles. The first-order valence-electron chi connectivity index (χ1n) is 9.52. The Morgan fingerprint density at radius 1 is 1.16 bits per heavy atom. The number of likely N-dealkylation sites (N-methyl/N-ethyl adjacent to an activating group) is 1. The molecule has 1 N–H and O–H groups in total. The minimum Gasteiger partial charge on any atom is -0.756 e. The minimum atomic E-state index is -5.18. The second-order valence-corrected chi connectivity index (χ2v) is 9.43. The van der Waals surface area contributed by atoms with Crippen LogP contribution >= 0.6 is 7.82 Å². The quantitative estimate of drug-likeness (QED) is 0.335. The molecule has 0 saturated heterocycles. The lowest BCUT2D eigenvalue weighted by molar-refractivity contribution is -0.938. The predicted octanol–water partition coefficient (Wildman–Crippen LogP) is 0.543. The van der Waals surface area contributed by atoms with Gasteiger partial charge in [-0.25, -0.2) is 18.7 Å². The lowest BCUT2D eigenvalue weighted by Crippen LogP contribution is -2.63. The summed E-state index contributed by atoms with van der Waals surface area (Å²) in [6.45, 7) is -0.349. The zero-order valence-electron chi connectivity index (χ0n) is 17.7. The number of aromatic nitrogens is 6. The fraction of sp³-hybridized carbons (Fsp3) is 0.444. The van der Waals surface area contributed by atoms with Crippen LogP contribution < -0.4 is 4.89 Å². The van der Waals surface area contributed by atoms with Crippen LogP contribution in [0.3, 0.4) is 0 Å². The highest BCUT2D eigenvalue weighted by Crippen LogP contribution is 2.45. The maximum absolute atomic E-state index is 15.2. The Labute approximate surface area is 183 Å². The van der Waals surface area contributed by atoms with E-state index >= 15 is 4.39 Å². The van der Waals surface area contributed by atoms with Crippen molar-refractivity contribution >= 4 is 7.82 Å². The fourth-order valence-electron chi connectivity index (χ4n) is 4.00. The smallest absolute Gasteiger partial charge is 0.265 e. The van der Waals surface area contributed by atoms with Gasteiger partial charge in [-0.2, -0.15) is 10.2 Å². The van der Waals surface area contributed by atoms with Crippen LogP contribution in [0.15, 0.2) is 43.5 Å². The third-order valence-electron chi connectivity index (χ3n) is 5.47. The first-order chi connectivity index (χ1) is 14.9. The Kier molecular flexibility index (Phi) is 6.86. The van der Waals surface area contributed by atoms with E-state index in [4.69, 9.17) is 4.52 Å². The molecule has 0 aliphatic rings. The van der Waals surface area contributed by atoms with E-state index in [1.54, 1.807) is 21.1 Å². The summed E-state index contributed by atoms with van der Waals surface area (Å²) in [7, 11) is -0.0320. The number of nitrogens with zero attached hydrogens (tertiary/aromatic N) is 7. The highest BCUT2D eigenvalue weighted by Gasteiger charge is 2.54. The molecule has 174 valence electrons. The summed E-state index contributed by atoms with van der Waals surface area (Å²) < 4.78 is 48.4. The van der Waals surface area contributed by atoms with Gasteiger partial charge in [0.05, 0.1) is 45.7 Å². The van der Waals surface area contributed by atoms with Crippen LogP contribution in [0.1, 0.15) is 5.56 Å². The van der Waals surface area contributed by atoms with Gasteiger partial charge in [0.15, 0.2) is 5.54 Å². The normalized spacial score (nSPS) is 16.1. The number of rotatable bonds is 10. The molecule has 2 aromatic heterocycles. The molecule has 11 nitrogen and oxygen atoms in total. The van der Waals surface area contributed by atoms with Crippen LogP contribution in [0.25, 0.3) is 0 Å². The zero-order chi connectivity index (χ0) is 23.6. The Morgan fingerprint density at radius 2 is 1.72 bits per heavy atom. The lowest BCUT2D eigenvalue weighted by atomic mass is 9.75. The molecule has 0 aliphatic heterocycles. The third-order valence-corrected chi connectivity index (χ3v) is 5.92. The van der Waals surface area contributed by atoms with Crippen molar-refractivity contribution in [2.24, 2.45) is 5.92 Å². The van der Waals surface area contributed by atoms with Crippen molar-refractivity contribution in [3.05, 3.63) is 60.7 Å². The number of benzene rings is 1. The molecule has 0 aliphatic carbocycles. The van der Waals surface area contributed by atoms with Crippen molar-refractivity contribution in [2.75, 3.05) is 27.7 Å². The van der Waals surface area contributed by atoms with Gasteiger partial charge in [0.2, 0.25) is 0 Å². The number of halogens is 2. The molecule has 0 bridgehead atoms. The summed E-state index contributed by atoms with van der Waals surface area (Å²) in [5.74, 6) is -2.32. The standard InChI is InChI=1S/C18H24F2N7O4P/c1-27(2,3)18(9-31-32(28,29)30,16-5-4-15(19)6-17(16)20)14(7-25-12-21-10-23-25)8-26-13-22-11-24-26/h4-6,10-14H,7-9H2,1-3H3,(H-,28,29,30). The Balaban J connectivity index is 2.24. The highest BCUT2D eigenvalue weighted by molar-refractivity contribution is 7.44. The molecule has 0 radical (unpaired) electrons. The van der Waals surface area contributed by atoms with E-state index in [-0.39, 0.29) is 23.1 Å². The lowest BCUT2D eigenvalue weighted by Gasteiger charge is -2.51. The van der Waals surface area contributed by atoms with Crippen LogP contribution in [-0.2, 0) is 27.7 Å². The first-order valence-corrected chi connectivity index (χ1v) is 11.0. The maximum atomic E-state index is 15.2. The Bertz CT molecular complexity index is 1030. The van der Waals surface area contributed by atoms with Gasteiger partial charge < -0.3 is 18.8 Å². The van der Waals surface area contributed by atoms with E-state index in [0.29, 0.717) is 0 Å². The van der Waals surface area contributed by atoms with Gasteiger partial charge in [0, 0.05) is 6.07 Å². The van der Waals surface area contributed by atoms with E-state index in [9.17, 15) is 18.7 Å². The van der Waals surface area contributed by atoms with Crippen LogP contribution in [0.5, 0.6) is 0 Å². The molecule has 2 unspecified atom stereocenters. The van der Waals surface area contributed by atoms with Crippen molar-refractivity contribution in [1.29, 1.82) is 0 Å². The molecule has 2 heterocycles. The number of phosphoric ester groups is 1. The van der Waals surface area contributed by atoms with Crippen LogP contribution in [0.4, 0.5) is 8.78 Å². The van der Waals surface area contributed by atoms with E-state index in [0.717, 1.165) is 12.1 Å². The predicted molar refractivity (Wildman–Crippen MR) is 105 cm³/mol. The largest absolute Gasteiger partial charge is 0.756 e. The molecule has 0 amide bonds. The second-order valence-electron chi connectivity index (χ2n) is 8.23. The van der Waals surface area contributed by atoms with Gasteiger partial charge in [-0.3, -0.25) is 13.9 Å². The molecule has 14 heteroatoms. The van der Waals surface area contributed by atoms with Gasteiger partial charge in [-0.15, -0.1) is 0 Å². The number of phosphoric acid groups is 1. The monoisotopic (exact) mass is 471 g/mol. The van der Waals surface area contributed by atoms with Crippen molar-refractivity contribution < 1.29 is 32.1 Å². The average molecular weight is 471 g/mol. The molecule has 1 aromatic carbocycles. The van der Waals surface area contributed by atoms with Crippen LogP contribution in [-0.4, -0.2) is 66.7 Å². The highest BCUT2D eigenvalue weighted by atomic mass is 31.2. The molecule has 3 rings (SSSR count). The van der Waals surface area contributed by atoms with Gasteiger partial charge >= 0.3 is 0 Å². The Morgan fingerprint density at radius 3 is 2.12 bits per heavy atom. The van der Waals surface area contributed by atoms with Crippen molar-refractivity contribution in [2.45, 2.75) is 18.6 Å². The summed E-state index contributed by atoms with van der Waals surface area (Å²) in [6.07, 6.45) is 5.58. The summed E-state index contributed by atoms with van der Waals surface area (Å²) in [5.41, 5.74) is -1.46. The average Bonchev–Trinajstić information content (AvgIpc) is 3.35. The first kappa shape index (κ1) is 24.1. The number of quaternary nitrogens is 1. The molecule has 0 fully saturated rings. The molecular formula is C18H24F2N7O4P. The molecule has 0 spiro atoms. The zero-order valence-corrected chi connectivity index (χ0v) is 18.6. The van der Waals surface area contributed by atoms with Gasteiger partial charge in [-0.05, 0) is 12.1 Å². The SMILES string of the molecule is C[N+](C)(C)C(COP(=O)([O-])O)(c1ccc(F)cc1F)C(Cn1cncn1)Cn1cncn1. The molecule has 3 aromatic rings. The molecule has 2 atom stereocenters. The Hall–Kier alpha value is -2.57. The molecular weight excluding hydrogens is 447 g/mol. The topological polar surface area (TPSA) is 131 Å². The minimum absolute atomic E-state index is 0.00470. The fourth-order valence-corrected chi connectivity index (χ4v) is 4.36. The third kappa shape index (κ3) is 5.25. The molecule has 32 heavy (non-hydrogen) atoms. The van der Waals surface area contributed by atoms with E-state index < -0.39 is 37.5 Å². The summed E-state index contributed by atoms with van der Waals surface area (Å²) in [6, 6.07) is 3.05. The van der Waals surface area contributed by atoms with Gasteiger partial charge in [0.1, 0.15) is 43.6 Å². The van der Waals surface area contributed by atoms with Crippen molar-refractivity contribution in [3.63, 3.8) is 0 Å². The summed E-state index contributed by atoms with van der Waals surface area (Å²) in [4.78, 5) is 28.8. The number of hydrogen-bond donors (Lipinski definition) is 1. The van der Waals surface area contributed by atoms with E-state index in [1.165, 1.54) is 40.7 Å². The maximum Gasteiger partial charge on any atom is 0.265 e. The summed E-state index contributed by atoms with van der Waals surface area (Å²) in [5, 5.41) is 8.23. The van der Waals surface area contributed by atoms with Gasteiger partial charge in [0.25, 0.3) is 7.82 Å².